The Bertz CT molecular complexity index is 781. The fourth-order valence-electron chi connectivity index (χ4n) is 2.84. The van der Waals surface area contributed by atoms with Gasteiger partial charge in [-0.25, -0.2) is 4.79 Å². The fourth-order valence-corrected chi connectivity index (χ4v) is 2.84. The number of benzene rings is 1. The van der Waals surface area contributed by atoms with E-state index in [9.17, 15) is 14.7 Å². The van der Waals surface area contributed by atoms with Crippen molar-refractivity contribution in [3.05, 3.63) is 40.6 Å². The van der Waals surface area contributed by atoms with Gasteiger partial charge >= 0.3 is 5.97 Å². The van der Waals surface area contributed by atoms with Crippen molar-refractivity contribution >= 4 is 18.0 Å². The maximum atomic E-state index is 12.9. The van der Waals surface area contributed by atoms with Crippen LogP contribution in [0, 0.1) is 0 Å². The van der Waals surface area contributed by atoms with Gasteiger partial charge in [-0.1, -0.05) is 6.07 Å². The molecule has 1 aliphatic heterocycles. The third kappa shape index (κ3) is 4.49. The topological polar surface area (TPSA) is 85.3 Å². The molecule has 0 aromatic heterocycles. The molecule has 7 heteroatoms. The van der Waals surface area contributed by atoms with Crippen LogP contribution in [0.5, 0.6) is 11.5 Å². The smallest absolute Gasteiger partial charge is 0.340 e. The predicted molar refractivity (Wildman–Crippen MR) is 100 cm³/mol. The van der Waals surface area contributed by atoms with Gasteiger partial charge in [0.2, 0.25) is 0 Å². The van der Waals surface area contributed by atoms with Crippen molar-refractivity contribution in [3.63, 3.8) is 0 Å². The molecule has 0 saturated heterocycles. The zero-order chi connectivity index (χ0) is 20.0. The van der Waals surface area contributed by atoms with Gasteiger partial charge in [-0.15, -0.1) is 0 Å². The average Bonchev–Trinajstić information content (AvgIpc) is 2.86. The van der Waals surface area contributed by atoms with E-state index in [1.165, 1.54) is 11.0 Å². The lowest BCUT2D eigenvalue weighted by atomic mass is 10.0. The summed E-state index contributed by atoms with van der Waals surface area (Å²) in [7, 11) is 1.55. The monoisotopic (exact) mass is 375 g/mol. The minimum atomic E-state index is -0.543. The van der Waals surface area contributed by atoms with E-state index < -0.39 is 5.97 Å². The van der Waals surface area contributed by atoms with Crippen LogP contribution in [0.15, 0.2) is 35.0 Å². The molecule has 0 saturated carbocycles. The maximum absolute atomic E-state index is 12.9. The Kier molecular flexibility index (Phi) is 7.01. The first-order valence-corrected chi connectivity index (χ1v) is 8.81. The number of hydrogen-bond acceptors (Lipinski definition) is 6. The molecule has 146 valence electrons. The zero-order valence-electron chi connectivity index (χ0n) is 16.1. The Morgan fingerprint density at radius 3 is 2.63 bits per heavy atom. The SMILES string of the molecule is CCOC(=O)C1=C(C)N(CCOC)C(=O)C1=Cc1ccc(O)c(OCC)c1. The molecule has 0 bridgehead atoms. The van der Waals surface area contributed by atoms with Crippen molar-refractivity contribution in [2.45, 2.75) is 20.8 Å². The van der Waals surface area contributed by atoms with E-state index in [0.717, 1.165) is 0 Å². The fraction of sp³-hybridized carbons (Fsp3) is 0.400. The first-order valence-electron chi connectivity index (χ1n) is 8.81. The number of esters is 1. The highest BCUT2D eigenvalue weighted by Gasteiger charge is 2.36. The number of carbonyl (C=O) groups is 2. The Morgan fingerprint density at radius 2 is 2.00 bits per heavy atom. The molecular weight excluding hydrogens is 350 g/mol. The van der Waals surface area contributed by atoms with Gasteiger partial charge < -0.3 is 24.2 Å². The van der Waals surface area contributed by atoms with E-state index >= 15 is 0 Å². The molecule has 0 spiro atoms. The zero-order valence-corrected chi connectivity index (χ0v) is 16.1. The number of allylic oxidation sites excluding steroid dienone is 1. The second-order valence-corrected chi connectivity index (χ2v) is 5.85. The van der Waals surface area contributed by atoms with Crippen molar-refractivity contribution in [1.82, 2.24) is 4.90 Å². The van der Waals surface area contributed by atoms with Crippen molar-refractivity contribution in [2.75, 3.05) is 33.5 Å². The third-order valence-electron chi connectivity index (χ3n) is 4.10. The van der Waals surface area contributed by atoms with Gasteiger partial charge in [-0.05, 0) is 44.5 Å². The summed E-state index contributed by atoms with van der Waals surface area (Å²) in [4.78, 5) is 26.8. The van der Waals surface area contributed by atoms with Crippen LogP contribution in [0.3, 0.4) is 0 Å². The van der Waals surface area contributed by atoms with Gasteiger partial charge in [0.05, 0.1) is 31.0 Å². The van der Waals surface area contributed by atoms with Crippen LogP contribution in [0.2, 0.25) is 0 Å². The standard InChI is InChI=1S/C20H25NO6/c1-5-26-17-12-14(7-8-16(17)22)11-15-18(20(24)27-6-2)13(3)21(19(15)23)9-10-25-4/h7-8,11-12,22H,5-6,9-10H2,1-4H3. The number of rotatable bonds is 8. The molecule has 1 heterocycles. The number of amides is 1. The number of phenolic OH excluding ortho intramolecular Hbond substituents is 1. The van der Waals surface area contributed by atoms with Gasteiger partial charge in [-0.2, -0.15) is 0 Å². The normalized spacial score (nSPS) is 15.6. The minimum Gasteiger partial charge on any atom is -0.504 e. The van der Waals surface area contributed by atoms with E-state index in [0.29, 0.717) is 36.8 Å². The minimum absolute atomic E-state index is 0.0100. The largest absolute Gasteiger partial charge is 0.504 e. The van der Waals surface area contributed by atoms with E-state index in [1.807, 2.05) is 6.92 Å². The molecule has 1 N–H and O–H groups in total. The number of hydrogen-bond donors (Lipinski definition) is 1. The second-order valence-electron chi connectivity index (χ2n) is 5.85. The molecule has 1 amide bonds. The summed E-state index contributed by atoms with van der Waals surface area (Å²) in [6.07, 6.45) is 1.60. The summed E-state index contributed by atoms with van der Waals surface area (Å²) in [5.41, 5.74) is 1.65. The van der Waals surface area contributed by atoms with Crippen LogP contribution in [-0.4, -0.2) is 55.4 Å². The van der Waals surface area contributed by atoms with Crippen molar-refractivity contribution in [1.29, 1.82) is 0 Å². The molecule has 1 aromatic carbocycles. The highest BCUT2D eigenvalue weighted by atomic mass is 16.5. The summed E-state index contributed by atoms with van der Waals surface area (Å²) in [6.45, 7) is 6.52. The maximum Gasteiger partial charge on any atom is 0.340 e. The van der Waals surface area contributed by atoms with E-state index in [-0.39, 0.29) is 29.4 Å². The summed E-state index contributed by atoms with van der Waals surface area (Å²) in [5, 5.41) is 9.85. The number of methoxy groups -OCH3 is 1. The molecule has 27 heavy (non-hydrogen) atoms. The van der Waals surface area contributed by atoms with Crippen LogP contribution in [0.25, 0.3) is 6.08 Å². The highest BCUT2D eigenvalue weighted by Crippen LogP contribution is 2.33. The van der Waals surface area contributed by atoms with E-state index in [2.05, 4.69) is 0 Å². The number of carbonyl (C=O) groups excluding carboxylic acids is 2. The third-order valence-corrected chi connectivity index (χ3v) is 4.10. The molecule has 1 aromatic rings. The Balaban J connectivity index is 2.48. The molecule has 0 aliphatic carbocycles. The first-order chi connectivity index (χ1) is 12.9. The lowest BCUT2D eigenvalue weighted by Gasteiger charge is -2.16. The molecular formula is C20H25NO6. The second kappa shape index (κ2) is 9.23. The molecule has 1 aliphatic rings. The van der Waals surface area contributed by atoms with E-state index in [1.54, 1.807) is 39.2 Å². The molecule has 0 atom stereocenters. The van der Waals surface area contributed by atoms with Crippen molar-refractivity contribution in [2.24, 2.45) is 0 Å². The number of phenols is 1. The van der Waals surface area contributed by atoms with Gasteiger partial charge in [-0.3, -0.25) is 4.79 Å². The Hall–Kier alpha value is -2.80. The number of aromatic hydroxyl groups is 1. The molecule has 0 radical (unpaired) electrons. The highest BCUT2D eigenvalue weighted by molar-refractivity contribution is 6.16. The predicted octanol–water partition coefficient (Wildman–Crippen LogP) is 2.50. The Morgan fingerprint density at radius 1 is 1.26 bits per heavy atom. The van der Waals surface area contributed by atoms with Gasteiger partial charge in [0.25, 0.3) is 5.91 Å². The molecule has 0 fully saturated rings. The summed E-state index contributed by atoms with van der Waals surface area (Å²) < 4.78 is 15.6. The van der Waals surface area contributed by atoms with Gasteiger partial charge in [0.15, 0.2) is 11.5 Å². The van der Waals surface area contributed by atoms with Crippen molar-refractivity contribution < 1.29 is 28.9 Å². The first kappa shape index (κ1) is 20.5. The lowest BCUT2D eigenvalue weighted by molar-refractivity contribution is -0.138. The van der Waals surface area contributed by atoms with Gasteiger partial charge in [0, 0.05) is 19.4 Å². The van der Waals surface area contributed by atoms with Crippen molar-refractivity contribution in [3.8, 4) is 11.5 Å². The summed E-state index contributed by atoms with van der Waals surface area (Å²) in [6, 6.07) is 4.75. The number of ether oxygens (including phenoxy) is 3. The van der Waals surface area contributed by atoms with Crippen LogP contribution >= 0.6 is 0 Å². The summed E-state index contributed by atoms with van der Waals surface area (Å²) in [5.74, 6) is -0.514. The Labute approximate surface area is 158 Å². The summed E-state index contributed by atoms with van der Waals surface area (Å²) >= 11 is 0. The van der Waals surface area contributed by atoms with Crippen LogP contribution in [-0.2, 0) is 19.1 Å². The van der Waals surface area contributed by atoms with Crippen LogP contribution < -0.4 is 4.74 Å². The molecule has 2 rings (SSSR count). The van der Waals surface area contributed by atoms with E-state index in [4.69, 9.17) is 14.2 Å². The van der Waals surface area contributed by atoms with Gasteiger partial charge in [0.1, 0.15) is 0 Å². The van der Waals surface area contributed by atoms with Crippen LogP contribution in [0.4, 0.5) is 0 Å². The van der Waals surface area contributed by atoms with Crippen LogP contribution in [0.1, 0.15) is 26.3 Å². The lowest BCUT2D eigenvalue weighted by Crippen LogP contribution is -2.28. The molecule has 0 unspecified atom stereocenters. The quantitative estimate of drug-likeness (QED) is 0.555. The number of nitrogens with zero attached hydrogens (tertiary/aromatic N) is 1. The average molecular weight is 375 g/mol. The molecule has 7 nitrogen and oxygen atoms in total.